The van der Waals surface area contributed by atoms with Gasteiger partial charge in [0, 0.05) is 29.6 Å². The normalized spacial score (nSPS) is 26.2. The minimum Gasteiger partial charge on any atom is -0.394 e. The Balaban J connectivity index is 2.25. The van der Waals surface area contributed by atoms with Crippen LogP contribution in [0.3, 0.4) is 0 Å². The average Bonchev–Trinajstić information content (AvgIpc) is 2.31. The number of aromatic amines is 1. The van der Waals surface area contributed by atoms with Crippen molar-refractivity contribution in [1.82, 2.24) is 9.55 Å². The van der Waals surface area contributed by atoms with E-state index in [0.717, 1.165) is 0 Å². The van der Waals surface area contributed by atoms with Crippen molar-refractivity contribution in [3.63, 3.8) is 0 Å². The van der Waals surface area contributed by atoms with Crippen LogP contribution in [0.15, 0.2) is 27.0 Å². The number of nitrogens with one attached hydrogen (secondary N) is 1. The van der Waals surface area contributed by atoms with Crippen molar-refractivity contribution in [2.45, 2.75) is 12.3 Å². The van der Waals surface area contributed by atoms with Crippen molar-refractivity contribution in [1.29, 1.82) is 0 Å². The van der Waals surface area contributed by atoms with Crippen LogP contribution in [0.2, 0.25) is 0 Å². The van der Waals surface area contributed by atoms with Crippen molar-refractivity contribution in [3.8, 4) is 0 Å². The molecule has 2 N–H and O–H groups in total. The molecule has 0 aromatic carbocycles. The van der Waals surface area contributed by atoms with Crippen LogP contribution in [0.1, 0.15) is 6.23 Å². The van der Waals surface area contributed by atoms with E-state index in [1.807, 2.05) is 0 Å². The molecule has 1 saturated heterocycles. The molecule has 0 unspecified atom stereocenters. The molecule has 1 aromatic heterocycles. The number of hydrogen-bond acceptors (Lipinski definition) is 5. The molecule has 2 heterocycles. The largest absolute Gasteiger partial charge is 0.394 e. The third-order valence-corrected chi connectivity index (χ3v) is 2.82. The zero-order valence-corrected chi connectivity index (χ0v) is 9.26. The first-order valence-corrected chi connectivity index (χ1v) is 5.26. The highest BCUT2D eigenvalue weighted by Gasteiger charge is 2.43. The number of rotatable bonds is 4. The van der Waals surface area contributed by atoms with E-state index >= 15 is 0 Å². The van der Waals surface area contributed by atoms with Gasteiger partial charge in [-0.05, 0) is 5.53 Å². The van der Waals surface area contributed by atoms with Crippen molar-refractivity contribution >= 4 is 0 Å². The Labute approximate surface area is 100 Å². The first kappa shape index (κ1) is 12.4. The van der Waals surface area contributed by atoms with Gasteiger partial charge in [0.2, 0.25) is 0 Å². The first-order valence-electron chi connectivity index (χ1n) is 5.26. The summed E-state index contributed by atoms with van der Waals surface area (Å²) in [5.74, 6) is -0.297. The standard InChI is InChI=1S/C9H11N5O4/c10-13-11-3-5-6(4-15)18-8(5)14-2-1-7(16)12-9(14)17/h1-2,5-6,8,15H,3-4H2,(H,12,16,17)/t5-,6-,8-/m1/s1. The number of azide groups is 1. The molecule has 1 fully saturated rings. The van der Waals surface area contributed by atoms with Gasteiger partial charge in [0.25, 0.3) is 5.56 Å². The predicted octanol–water partition coefficient (Wildman–Crippen LogP) is -0.647. The lowest BCUT2D eigenvalue weighted by Crippen LogP contribution is -2.52. The lowest BCUT2D eigenvalue weighted by atomic mass is 9.94. The van der Waals surface area contributed by atoms with Gasteiger partial charge in [0.05, 0.1) is 12.7 Å². The smallest absolute Gasteiger partial charge is 0.330 e. The van der Waals surface area contributed by atoms with Crippen molar-refractivity contribution < 1.29 is 9.84 Å². The summed E-state index contributed by atoms with van der Waals surface area (Å²) in [6.45, 7) is -0.113. The minimum absolute atomic E-state index is 0.109. The zero-order valence-electron chi connectivity index (χ0n) is 9.26. The Hall–Kier alpha value is -2.09. The fourth-order valence-corrected chi connectivity index (χ4v) is 1.89. The summed E-state index contributed by atoms with van der Waals surface area (Å²) < 4.78 is 6.51. The second-order valence-corrected chi connectivity index (χ2v) is 3.84. The van der Waals surface area contributed by atoms with E-state index in [1.54, 1.807) is 0 Å². The Morgan fingerprint density at radius 2 is 2.39 bits per heavy atom. The average molecular weight is 253 g/mol. The molecule has 2 rings (SSSR count). The Bertz CT molecular complexity index is 587. The van der Waals surface area contributed by atoms with Gasteiger partial charge in [0.15, 0.2) is 0 Å². The van der Waals surface area contributed by atoms with Gasteiger partial charge in [-0.15, -0.1) is 0 Å². The molecule has 0 spiro atoms. The molecule has 18 heavy (non-hydrogen) atoms. The molecular formula is C9H11N5O4. The number of ether oxygens (including phenoxy) is 1. The summed E-state index contributed by atoms with van der Waals surface area (Å²) in [7, 11) is 0. The molecule has 9 nitrogen and oxygen atoms in total. The zero-order chi connectivity index (χ0) is 13.1. The predicted molar refractivity (Wildman–Crippen MR) is 59.8 cm³/mol. The summed E-state index contributed by atoms with van der Waals surface area (Å²) in [6, 6.07) is 1.20. The number of aromatic nitrogens is 2. The van der Waals surface area contributed by atoms with E-state index in [4.69, 9.17) is 15.4 Å². The Kier molecular flexibility index (Phi) is 3.47. The summed E-state index contributed by atoms with van der Waals surface area (Å²) in [4.78, 5) is 27.2. The summed E-state index contributed by atoms with van der Waals surface area (Å²) in [5.41, 5.74) is 7.18. The Morgan fingerprint density at radius 1 is 1.61 bits per heavy atom. The van der Waals surface area contributed by atoms with Gasteiger partial charge in [-0.3, -0.25) is 14.3 Å². The lowest BCUT2D eigenvalue weighted by Gasteiger charge is -2.43. The maximum absolute atomic E-state index is 11.6. The quantitative estimate of drug-likeness (QED) is 0.419. The van der Waals surface area contributed by atoms with E-state index in [0.29, 0.717) is 0 Å². The maximum Gasteiger partial charge on any atom is 0.330 e. The van der Waals surface area contributed by atoms with Gasteiger partial charge < -0.3 is 9.84 Å². The molecule has 1 aromatic rings. The number of H-pyrrole nitrogens is 1. The van der Waals surface area contributed by atoms with E-state index in [-0.39, 0.29) is 19.1 Å². The van der Waals surface area contributed by atoms with Crippen LogP contribution in [0.5, 0.6) is 0 Å². The molecule has 0 radical (unpaired) electrons. The number of nitrogens with zero attached hydrogens (tertiary/aromatic N) is 4. The molecule has 0 bridgehead atoms. The molecular weight excluding hydrogens is 242 g/mol. The van der Waals surface area contributed by atoms with Crippen LogP contribution < -0.4 is 11.2 Å². The maximum atomic E-state index is 11.6. The highest BCUT2D eigenvalue weighted by molar-refractivity contribution is 4.92. The Morgan fingerprint density at radius 3 is 3.00 bits per heavy atom. The summed E-state index contributed by atoms with van der Waals surface area (Å²) in [5, 5.41) is 12.4. The van der Waals surface area contributed by atoms with E-state index in [2.05, 4.69) is 15.0 Å². The van der Waals surface area contributed by atoms with Crippen LogP contribution in [0, 0.1) is 5.92 Å². The molecule has 0 aliphatic carbocycles. The molecule has 96 valence electrons. The van der Waals surface area contributed by atoms with Crippen LogP contribution in [-0.2, 0) is 4.74 Å². The summed E-state index contributed by atoms with van der Waals surface area (Å²) in [6.07, 6.45) is 0.194. The lowest BCUT2D eigenvalue weighted by molar-refractivity contribution is -0.232. The van der Waals surface area contributed by atoms with Crippen LogP contribution in [0.4, 0.5) is 0 Å². The number of hydrogen-bond donors (Lipinski definition) is 2. The number of aliphatic hydroxyl groups excluding tert-OH is 1. The summed E-state index contributed by atoms with van der Waals surface area (Å²) >= 11 is 0. The SMILES string of the molecule is [N-]=[N+]=NC[C@H]1[C@H](n2ccc(=O)[nH]c2=O)O[C@@H]1CO. The van der Waals surface area contributed by atoms with Crippen LogP contribution in [-0.4, -0.2) is 33.9 Å². The molecule has 0 amide bonds. The highest BCUT2D eigenvalue weighted by atomic mass is 16.5. The van der Waals surface area contributed by atoms with Gasteiger partial charge >= 0.3 is 5.69 Å². The van der Waals surface area contributed by atoms with Crippen molar-refractivity contribution in [3.05, 3.63) is 43.5 Å². The fraction of sp³-hybridized carbons (Fsp3) is 0.556. The van der Waals surface area contributed by atoms with Crippen molar-refractivity contribution in [2.24, 2.45) is 11.0 Å². The highest BCUT2D eigenvalue weighted by Crippen LogP contribution is 2.36. The van der Waals surface area contributed by atoms with Gasteiger partial charge in [-0.2, -0.15) is 0 Å². The third-order valence-electron chi connectivity index (χ3n) is 2.82. The van der Waals surface area contributed by atoms with E-state index in [9.17, 15) is 9.59 Å². The second kappa shape index (κ2) is 5.05. The first-order chi connectivity index (χ1) is 8.67. The van der Waals surface area contributed by atoms with Gasteiger partial charge in [-0.25, -0.2) is 4.79 Å². The fourth-order valence-electron chi connectivity index (χ4n) is 1.89. The van der Waals surface area contributed by atoms with Crippen molar-refractivity contribution in [2.75, 3.05) is 13.2 Å². The minimum atomic E-state index is -0.642. The second-order valence-electron chi connectivity index (χ2n) is 3.84. The molecule has 1 aliphatic heterocycles. The van der Waals surface area contributed by atoms with Gasteiger partial charge in [0.1, 0.15) is 6.23 Å². The molecule has 1 aliphatic rings. The van der Waals surface area contributed by atoms with Gasteiger partial charge in [-0.1, -0.05) is 5.11 Å². The monoisotopic (exact) mass is 253 g/mol. The molecule has 3 atom stereocenters. The van der Waals surface area contributed by atoms with Crippen LogP contribution in [0.25, 0.3) is 10.4 Å². The van der Waals surface area contributed by atoms with E-state index < -0.39 is 23.6 Å². The van der Waals surface area contributed by atoms with E-state index in [1.165, 1.54) is 16.8 Å². The topological polar surface area (TPSA) is 133 Å². The molecule has 9 heteroatoms. The third kappa shape index (κ3) is 2.14. The molecule has 0 saturated carbocycles. The van der Waals surface area contributed by atoms with Crippen LogP contribution >= 0.6 is 0 Å². The number of aliphatic hydroxyl groups is 1.